The number of thiazole rings is 1. The van der Waals surface area contributed by atoms with E-state index in [2.05, 4.69) is 10.3 Å². The van der Waals surface area contributed by atoms with E-state index in [-0.39, 0.29) is 17.7 Å². The van der Waals surface area contributed by atoms with E-state index in [1.165, 1.54) is 0 Å². The third kappa shape index (κ3) is 3.76. The molecule has 3 N–H and O–H groups in total. The lowest BCUT2D eigenvalue weighted by molar-refractivity contribution is -0.145. The van der Waals surface area contributed by atoms with E-state index < -0.39 is 11.4 Å². The summed E-state index contributed by atoms with van der Waals surface area (Å²) in [5, 5.41) is 4.84. The Morgan fingerprint density at radius 1 is 1.32 bits per heavy atom. The number of rotatable bonds is 8. The number of amides is 3. The van der Waals surface area contributed by atoms with Crippen LogP contribution < -0.4 is 11.1 Å². The molecule has 8 nitrogen and oxygen atoms in total. The highest BCUT2D eigenvalue weighted by Crippen LogP contribution is 2.22. The number of hydrogen-bond donors (Lipinski definition) is 2. The Bertz CT molecular complexity index is 893. The lowest BCUT2D eigenvalue weighted by atomic mass is 9.89. The van der Waals surface area contributed by atoms with E-state index in [9.17, 15) is 14.4 Å². The van der Waals surface area contributed by atoms with Crippen LogP contribution in [0, 0.1) is 12.8 Å². The summed E-state index contributed by atoms with van der Waals surface area (Å²) in [6.45, 7) is 6.37. The van der Waals surface area contributed by atoms with Crippen LogP contribution in [-0.2, 0) is 20.8 Å². The molecule has 28 heavy (non-hydrogen) atoms. The molecule has 0 saturated carbocycles. The van der Waals surface area contributed by atoms with Gasteiger partial charge in [-0.1, -0.05) is 13.8 Å². The van der Waals surface area contributed by atoms with E-state index in [0.29, 0.717) is 38.8 Å². The maximum atomic E-state index is 12.5. The lowest BCUT2D eigenvalue weighted by Crippen LogP contribution is -2.62. The first-order valence-electron chi connectivity index (χ1n) is 9.61. The number of nitrogens with two attached hydrogens (primary N) is 1. The van der Waals surface area contributed by atoms with Gasteiger partial charge >= 0.3 is 0 Å². The molecule has 3 heterocycles. The van der Waals surface area contributed by atoms with Gasteiger partial charge in [-0.05, 0) is 26.2 Å². The summed E-state index contributed by atoms with van der Waals surface area (Å²) in [5.41, 5.74) is 6.50. The van der Waals surface area contributed by atoms with Crippen molar-refractivity contribution >= 4 is 34.0 Å². The van der Waals surface area contributed by atoms with Gasteiger partial charge in [0.1, 0.15) is 5.54 Å². The van der Waals surface area contributed by atoms with Crippen LogP contribution in [0.2, 0.25) is 0 Å². The van der Waals surface area contributed by atoms with Gasteiger partial charge in [0.15, 0.2) is 4.96 Å². The van der Waals surface area contributed by atoms with Gasteiger partial charge in [-0.25, -0.2) is 4.98 Å². The fraction of sp³-hybridized carbons (Fsp3) is 0.579. The second-order valence-corrected chi connectivity index (χ2v) is 8.24. The molecular weight excluding hydrogens is 378 g/mol. The minimum Gasteiger partial charge on any atom is -0.368 e. The molecule has 0 unspecified atom stereocenters. The predicted octanol–water partition coefficient (Wildman–Crippen LogP) is 1.26. The van der Waals surface area contributed by atoms with Crippen LogP contribution in [0.15, 0.2) is 11.6 Å². The molecule has 0 spiro atoms. The van der Waals surface area contributed by atoms with Crippen LogP contribution >= 0.6 is 11.3 Å². The Hall–Kier alpha value is -2.42. The second kappa shape index (κ2) is 7.90. The minimum atomic E-state index is -1.01. The second-order valence-electron chi connectivity index (χ2n) is 7.40. The van der Waals surface area contributed by atoms with Gasteiger partial charge in [0, 0.05) is 36.8 Å². The zero-order valence-corrected chi connectivity index (χ0v) is 17.3. The highest BCUT2D eigenvalue weighted by molar-refractivity contribution is 7.15. The monoisotopic (exact) mass is 405 g/mol. The van der Waals surface area contributed by atoms with E-state index in [1.807, 2.05) is 36.7 Å². The van der Waals surface area contributed by atoms with Crippen LogP contribution in [-0.4, -0.2) is 50.6 Å². The van der Waals surface area contributed by atoms with Crippen molar-refractivity contribution < 1.29 is 14.4 Å². The van der Waals surface area contributed by atoms with Crippen LogP contribution in [0.25, 0.3) is 4.96 Å². The number of fused-ring (bicyclic) bond motifs is 1. The Morgan fingerprint density at radius 2 is 2.00 bits per heavy atom. The van der Waals surface area contributed by atoms with Crippen LogP contribution in [0.4, 0.5) is 0 Å². The summed E-state index contributed by atoms with van der Waals surface area (Å²) in [6, 6.07) is 0. The highest BCUT2D eigenvalue weighted by Gasteiger charge is 2.41. The Balaban J connectivity index is 1.49. The number of nitrogens with one attached hydrogen (secondary N) is 1. The van der Waals surface area contributed by atoms with Gasteiger partial charge < -0.3 is 16.0 Å². The van der Waals surface area contributed by atoms with E-state index >= 15 is 0 Å². The molecule has 0 radical (unpaired) electrons. The van der Waals surface area contributed by atoms with Crippen molar-refractivity contribution in [3.05, 3.63) is 23.0 Å². The number of likely N-dealkylation sites (tertiary alicyclic amines) is 1. The Morgan fingerprint density at radius 3 is 2.61 bits per heavy atom. The molecule has 1 fully saturated rings. The van der Waals surface area contributed by atoms with E-state index in [0.717, 1.165) is 16.3 Å². The molecule has 3 rings (SSSR count). The molecule has 0 bridgehead atoms. The normalized spacial score (nSPS) is 14.9. The number of imidazole rings is 1. The molecule has 2 aromatic rings. The third-order valence-corrected chi connectivity index (χ3v) is 6.53. The van der Waals surface area contributed by atoms with Gasteiger partial charge in [-0.2, -0.15) is 0 Å². The summed E-state index contributed by atoms with van der Waals surface area (Å²) in [6.07, 6.45) is 3.90. The van der Waals surface area contributed by atoms with Crippen molar-refractivity contribution in [2.24, 2.45) is 11.7 Å². The lowest BCUT2D eigenvalue weighted by Gasteiger charge is -2.40. The maximum Gasteiger partial charge on any atom is 0.243 e. The van der Waals surface area contributed by atoms with E-state index in [4.69, 9.17) is 5.73 Å². The molecule has 1 aliphatic heterocycles. The summed E-state index contributed by atoms with van der Waals surface area (Å²) in [7, 11) is 0. The predicted molar refractivity (Wildman–Crippen MR) is 107 cm³/mol. The minimum absolute atomic E-state index is 0.0346. The first-order valence-corrected chi connectivity index (χ1v) is 10.5. The molecule has 9 heteroatoms. The standard InChI is InChI=1S/C19H27N5O3S/c1-4-19(5-2,17(20)27)22-16(26)13-9-23(10-13)15(25)7-6-14-11-28-18-21-12(3)8-24(14)18/h8,11,13H,4-7,9-10H2,1-3H3,(H2,20,27)(H,22,26). The number of nitrogens with zero attached hydrogens (tertiary/aromatic N) is 3. The summed E-state index contributed by atoms with van der Waals surface area (Å²) in [5.74, 6) is -0.979. The first kappa shape index (κ1) is 20.3. The zero-order valence-electron chi connectivity index (χ0n) is 16.5. The average Bonchev–Trinajstić information content (AvgIpc) is 3.15. The zero-order chi connectivity index (χ0) is 20.5. The molecule has 0 aliphatic carbocycles. The Kier molecular flexibility index (Phi) is 5.74. The number of carbonyl (C=O) groups is 3. The first-order chi connectivity index (χ1) is 13.3. The molecule has 0 atom stereocenters. The molecule has 2 aromatic heterocycles. The van der Waals surface area contributed by atoms with Gasteiger partial charge in [0.2, 0.25) is 17.7 Å². The number of aryl methyl sites for hydroxylation is 2. The molecule has 1 aliphatic rings. The van der Waals surface area contributed by atoms with Gasteiger partial charge in [0.05, 0.1) is 11.6 Å². The van der Waals surface area contributed by atoms with E-state index in [1.54, 1.807) is 16.2 Å². The molecular formula is C19H27N5O3S. The summed E-state index contributed by atoms with van der Waals surface area (Å²) >= 11 is 1.57. The number of hydrogen-bond acceptors (Lipinski definition) is 5. The molecule has 3 amide bonds. The van der Waals surface area contributed by atoms with Crippen LogP contribution in [0.5, 0.6) is 0 Å². The SMILES string of the molecule is CCC(CC)(NC(=O)C1CN(C(=O)CCc2csc3nc(C)cn23)C1)C(N)=O. The van der Waals surface area contributed by atoms with Gasteiger partial charge in [-0.15, -0.1) is 11.3 Å². The fourth-order valence-corrected chi connectivity index (χ4v) is 4.49. The maximum absolute atomic E-state index is 12.5. The highest BCUT2D eigenvalue weighted by atomic mass is 32.1. The number of carbonyl (C=O) groups excluding carboxylic acids is 3. The van der Waals surface area contributed by atoms with Crippen molar-refractivity contribution in [3.63, 3.8) is 0 Å². The van der Waals surface area contributed by atoms with Crippen LogP contribution in [0.1, 0.15) is 44.5 Å². The van der Waals surface area contributed by atoms with Crippen molar-refractivity contribution in [2.75, 3.05) is 13.1 Å². The van der Waals surface area contributed by atoms with Crippen LogP contribution in [0.3, 0.4) is 0 Å². The van der Waals surface area contributed by atoms with Gasteiger partial charge in [0.25, 0.3) is 0 Å². The van der Waals surface area contributed by atoms with Gasteiger partial charge in [-0.3, -0.25) is 18.8 Å². The smallest absolute Gasteiger partial charge is 0.243 e. The average molecular weight is 406 g/mol. The van der Waals surface area contributed by atoms with Crippen molar-refractivity contribution in [2.45, 2.75) is 52.0 Å². The van der Waals surface area contributed by atoms with Crippen molar-refractivity contribution in [3.8, 4) is 0 Å². The third-order valence-electron chi connectivity index (χ3n) is 5.65. The Labute approximate surface area is 168 Å². The summed E-state index contributed by atoms with van der Waals surface area (Å²) < 4.78 is 2.03. The molecule has 0 aromatic carbocycles. The largest absolute Gasteiger partial charge is 0.368 e. The van der Waals surface area contributed by atoms with Crippen molar-refractivity contribution in [1.29, 1.82) is 0 Å². The summed E-state index contributed by atoms with van der Waals surface area (Å²) in [4.78, 5) is 43.7. The molecule has 1 saturated heterocycles. The topological polar surface area (TPSA) is 110 Å². The fourth-order valence-electron chi connectivity index (χ4n) is 3.54. The van der Waals surface area contributed by atoms with Crippen molar-refractivity contribution in [1.82, 2.24) is 19.6 Å². The number of aromatic nitrogens is 2. The molecule has 152 valence electrons. The quantitative estimate of drug-likeness (QED) is 0.689. The number of primary amides is 1.